The Morgan fingerprint density at radius 2 is 1.79 bits per heavy atom. The third-order valence-corrected chi connectivity index (χ3v) is 3.22. The maximum atomic E-state index is 11.9. The van der Waals surface area contributed by atoms with Gasteiger partial charge in [0.2, 0.25) is 0 Å². The molecule has 4 N–H and O–H groups in total. The number of ether oxygens (including phenoxy) is 1. The van der Waals surface area contributed by atoms with Gasteiger partial charge in [-0.15, -0.1) is 5.10 Å². The van der Waals surface area contributed by atoms with Gasteiger partial charge in [-0.25, -0.2) is 0 Å². The molecule has 2 aromatic carbocycles. The van der Waals surface area contributed by atoms with Crippen LogP contribution in [0.15, 0.2) is 70.0 Å². The van der Waals surface area contributed by atoms with Crippen molar-refractivity contribution in [3.8, 4) is 0 Å². The molecule has 0 unspecified atom stereocenters. The van der Waals surface area contributed by atoms with Crippen LogP contribution < -0.4 is 11.5 Å². The van der Waals surface area contributed by atoms with Crippen LogP contribution in [0.4, 0.5) is 18.9 Å². The highest BCUT2D eigenvalue weighted by Crippen LogP contribution is 2.29. The standard InChI is InChI=1S/C12H16N4O2.C7H6F3N/c1-2-18-11(17)8-9-14-16-15-12(13)10-6-4-3-5-7-10;8-7(9,10)5-2-1-3-6(11)4-5/h3-7H,2,8-9H2,1H3,(H2,13,14,15);1-4H,11H2. The van der Waals surface area contributed by atoms with Gasteiger partial charge < -0.3 is 16.2 Å². The fourth-order valence-corrected chi connectivity index (χ4v) is 1.88. The van der Waals surface area contributed by atoms with E-state index in [4.69, 9.17) is 16.2 Å². The summed E-state index contributed by atoms with van der Waals surface area (Å²) in [7, 11) is 0. The number of rotatable bonds is 6. The number of benzene rings is 2. The molecule has 0 aliphatic heterocycles. The number of nitrogen functional groups attached to an aromatic ring is 1. The van der Waals surface area contributed by atoms with Crippen molar-refractivity contribution < 1.29 is 22.7 Å². The maximum Gasteiger partial charge on any atom is 0.416 e. The Morgan fingerprint density at radius 3 is 2.34 bits per heavy atom. The van der Waals surface area contributed by atoms with Gasteiger partial charge >= 0.3 is 12.1 Å². The maximum absolute atomic E-state index is 11.9. The molecule has 2 aromatic rings. The summed E-state index contributed by atoms with van der Waals surface area (Å²) >= 11 is 0. The zero-order valence-corrected chi connectivity index (χ0v) is 15.8. The minimum atomic E-state index is -4.30. The van der Waals surface area contributed by atoms with Crippen molar-refractivity contribution >= 4 is 17.5 Å². The molecule has 0 radical (unpaired) electrons. The molecule has 0 aliphatic carbocycles. The molecule has 156 valence electrons. The Morgan fingerprint density at radius 1 is 1.10 bits per heavy atom. The first kappa shape index (κ1) is 23.6. The van der Waals surface area contributed by atoms with Crippen LogP contribution in [0.25, 0.3) is 0 Å². The first-order valence-electron chi connectivity index (χ1n) is 8.57. The number of alkyl halides is 3. The Bertz CT molecular complexity index is 824. The predicted octanol–water partition coefficient (Wildman–Crippen LogP) is 4.00. The van der Waals surface area contributed by atoms with Gasteiger partial charge in [-0.2, -0.15) is 18.3 Å². The van der Waals surface area contributed by atoms with Gasteiger partial charge in [0, 0.05) is 11.3 Å². The van der Waals surface area contributed by atoms with E-state index < -0.39 is 11.7 Å². The van der Waals surface area contributed by atoms with Gasteiger partial charge in [0.05, 0.1) is 25.1 Å². The molecule has 29 heavy (non-hydrogen) atoms. The van der Waals surface area contributed by atoms with E-state index in [9.17, 15) is 18.0 Å². The van der Waals surface area contributed by atoms with Crippen LogP contribution in [-0.2, 0) is 15.7 Å². The Labute approximate surface area is 166 Å². The largest absolute Gasteiger partial charge is 0.466 e. The second-order valence-electron chi connectivity index (χ2n) is 5.48. The number of esters is 1. The molecule has 0 aliphatic rings. The van der Waals surface area contributed by atoms with Gasteiger partial charge in [-0.1, -0.05) is 36.4 Å². The summed E-state index contributed by atoms with van der Waals surface area (Å²) in [6, 6.07) is 13.8. The lowest BCUT2D eigenvalue weighted by Gasteiger charge is -2.05. The van der Waals surface area contributed by atoms with Gasteiger partial charge in [-0.05, 0) is 30.3 Å². The van der Waals surface area contributed by atoms with Crippen LogP contribution in [0, 0.1) is 0 Å². The van der Waals surface area contributed by atoms with E-state index in [0.717, 1.165) is 17.7 Å². The lowest BCUT2D eigenvalue weighted by molar-refractivity contribution is -0.143. The number of carbonyl (C=O) groups excluding carboxylic acids is 1. The quantitative estimate of drug-likeness (QED) is 0.187. The lowest BCUT2D eigenvalue weighted by Crippen LogP contribution is -2.12. The second-order valence-corrected chi connectivity index (χ2v) is 5.48. The minimum Gasteiger partial charge on any atom is -0.466 e. The summed E-state index contributed by atoms with van der Waals surface area (Å²) in [5, 5.41) is 11.0. The van der Waals surface area contributed by atoms with E-state index >= 15 is 0 Å². The van der Waals surface area contributed by atoms with Gasteiger partial charge in [0.25, 0.3) is 0 Å². The van der Waals surface area contributed by atoms with Crippen LogP contribution in [-0.4, -0.2) is 25.0 Å². The number of hydrogen-bond acceptors (Lipinski definition) is 5. The van der Waals surface area contributed by atoms with Crippen LogP contribution in [0.2, 0.25) is 0 Å². The zero-order chi connectivity index (χ0) is 21.7. The smallest absolute Gasteiger partial charge is 0.416 e. The summed E-state index contributed by atoms with van der Waals surface area (Å²) in [5.41, 5.74) is 11.0. The molecular formula is C19H22F3N5O2. The van der Waals surface area contributed by atoms with E-state index in [1.54, 1.807) is 6.92 Å². The molecule has 0 saturated carbocycles. The van der Waals surface area contributed by atoms with Crippen LogP contribution in [0.3, 0.4) is 0 Å². The summed E-state index contributed by atoms with van der Waals surface area (Å²) in [5.74, 6) is -0.00746. The van der Waals surface area contributed by atoms with Crippen molar-refractivity contribution in [2.45, 2.75) is 19.5 Å². The number of nitrogens with zero attached hydrogens (tertiary/aromatic N) is 3. The third-order valence-electron chi connectivity index (χ3n) is 3.22. The Kier molecular flexibility index (Phi) is 9.86. The monoisotopic (exact) mass is 409 g/mol. The number of amidine groups is 1. The van der Waals surface area contributed by atoms with Gasteiger partial charge in [0.1, 0.15) is 0 Å². The topological polar surface area (TPSA) is 115 Å². The molecule has 0 saturated heterocycles. The van der Waals surface area contributed by atoms with Crippen molar-refractivity contribution in [2.24, 2.45) is 21.2 Å². The van der Waals surface area contributed by atoms with E-state index in [1.807, 2.05) is 30.3 Å². The van der Waals surface area contributed by atoms with Crippen LogP contribution in [0.1, 0.15) is 24.5 Å². The number of anilines is 1. The third kappa shape index (κ3) is 9.89. The molecule has 0 amide bonds. The lowest BCUT2D eigenvalue weighted by atomic mass is 10.2. The van der Waals surface area contributed by atoms with Gasteiger partial charge in [0.15, 0.2) is 5.84 Å². The molecule has 0 heterocycles. The summed E-state index contributed by atoms with van der Waals surface area (Å²) in [4.78, 5) is 11.0. The average Bonchev–Trinajstić information content (AvgIpc) is 2.68. The van der Waals surface area contributed by atoms with Gasteiger partial charge in [-0.3, -0.25) is 4.79 Å². The molecule has 2 rings (SSSR count). The molecule has 10 heteroatoms. The molecule has 0 atom stereocenters. The summed E-state index contributed by atoms with van der Waals surface area (Å²) < 4.78 is 40.5. The number of halogens is 3. The van der Waals surface area contributed by atoms with Crippen molar-refractivity contribution in [1.29, 1.82) is 0 Å². The fourth-order valence-electron chi connectivity index (χ4n) is 1.88. The number of nitrogens with two attached hydrogens (primary N) is 2. The normalized spacial score (nSPS) is 11.7. The minimum absolute atomic E-state index is 0.125. The predicted molar refractivity (Wildman–Crippen MR) is 104 cm³/mol. The molecule has 0 fully saturated rings. The van der Waals surface area contributed by atoms with E-state index in [-0.39, 0.29) is 30.5 Å². The van der Waals surface area contributed by atoms with E-state index in [2.05, 4.69) is 15.4 Å². The average molecular weight is 409 g/mol. The Balaban J connectivity index is 0.000000326. The molecule has 7 nitrogen and oxygen atoms in total. The SMILES string of the molecule is CCOC(=O)CCN=N/N=C(\N)c1ccccc1.Nc1cccc(C(F)(F)F)c1. The zero-order valence-electron chi connectivity index (χ0n) is 15.8. The first-order valence-corrected chi connectivity index (χ1v) is 8.57. The molecular weight excluding hydrogens is 387 g/mol. The van der Waals surface area contributed by atoms with Crippen LogP contribution >= 0.6 is 0 Å². The number of carbonyl (C=O) groups is 1. The molecule has 0 spiro atoms. The summed E-state index contributed by atoms with van der Waals surface area (Å²) in [6.45, 7) is 2.36. The number of hydrogen-bond donors (Lipinski definition) is 2. The Hall–Kier alpha value is -3.43. The van der Waals surface area contributed by atoms with E-state index in [0.29, 0.717) is 6.61 Å². The van der Waals surface area contributed by atoms with Crippen molar-refractivity contribution in [3.05, 3.63) is 65.7 Å². The summed E-state index contributed by atoms with van der Waals surface area (Å²) in [6.07, 6.45) is -4.10. The van der Waals surface area contributed by atoms with Crippen molar-refractivity contribution in [3.63, 3.8) is 0 Å². The van der Waals surface area contributed by atoms with Crippen molar-refractivity contribution in [2.75, 3.05) is 18.9 Å². The van der Waals surface area contributed by atoms with Crippen molar-refractivity contribution in [1.82, 2.24) is 0 Å². The first-order chi connectivity index (χ1) is 13.7. The fraction of sp³-hybridized carbons (Fsp3) is 0.263. The highest BCUT2D eigenvalue weighted by molar-refractivity contribution is 5.97. The van der Waals surface area contributed by atoms with Crippen LogP contribution in [0.5, 0.6) is 0 Å². The highest BCUT2D eigenvalue weighted by atomic mass is 19.4. The second kappa shape index (κ2) is 12.1. The molecule has 0 bridgehead atoms. The molecule has 0 aromatic heterocycles. The van der Waals surface area contributed by atoms with E-state index in [1.165, 1.54) is 12.1 Å². The highest BCUT2D eigenvalue weighted by Gasteiger charge is 2.30.